The molecule has 0 aromatic heterocycles. The van der Waals surface area contributed by atoms with Crippen LogP contribution in [0.1, 0.15) is 65.4 Å². The molecule has 3 aliphatic heterocycles. The van der Waals surface area contributed by atoms with Crippen molar-refractivity contribution in [3.05, 3.63) is 41.1 Å². The zero-order valence-electron chi connectivity index (χ0n) is 22.2. The molecule has 187 valence electrons. The monoisotopic (exact) mass is 483 g/mol. The van der Waals surface area contributed by atoms with E-state index in [0.29, 0.717) is 18.5 Å². The third-order valence-corrected chi connectivity index (χ3v) is 8.84. The molecule has 1 fully saturated rings. The van der Waals surface area contributed by atoms with Crippen LogP contribution in [-0.4, -0.2) is 52.3 Å². The normalized spacial score (nSPS) is 27.3. The summed E-state index contributed by atoms with van der Waals surface area (Å²) in [6.07, 6.45) is 5.97. The highest BCUT2D eigenvalue weighted by Crippen LogP contribution is 2.58. The molecule has 1 spiro atoms. The largest absolute Gasteiger partial charge is 0.466 e. The van der Waals surface area contributed by atoms with Gasteiger partial charge in [0.15, 0.2) is 0 Å². The zero-order valence-corrected chi connectivity index (χ0v) is 23.2. The first-order chi connectivity index (χ1) is 16.1. The number of carbonyl (C=O) groups excluding carboxylic acids is 1. The molecule has 1 radical (unpaired) electrons. The number of para-hydroxylation sites is 1. The van der Waals surface area contributed by atoms with Gasteiger partial charge in [0.25, 0.3) is 0 Å². The number of methoxy groups -OCH3 is 1. The first-order valence-corrected chi connectivity index (χ1v) is 15.4. The van der Waals surface area contributed by atoms with Crippen LogP contribution in [0.15, 0.2) is 35.5 Å². The highest BCUT2D eigenvalue weighted by molar-refractivity contribution is 6.48. The third kappa shape index (κ3) is 4.38. The van der Waals surface area contributed by atoms with Gasteiger partial charge in [0.05, 0.1) is 24.2 Å². The number of benzene rings is 1. The fourth-order valence-electron chi connectivity index (χ4n) is 6.76. The van der Waals surface area contributed by atoms with Crippen molar-refractivity contribution in [1.82, 2.24) is 4.90 Å². The molecule has 2 bridgehead atoms. The van der Waals surface area contributed by atoms with E-state index < -0.39 is 9.04 Å². The summed E-state index contributed by atoms with van der Waals surface area (Å²) in [5, 5.41) is 3.68. The average Bonchev–Trinajstić information content (AvgIpc) is 3.26. The highest BCUT2D eigenvalue weighted by Gasteiger charge is 2.59. The molecule has 0 saturated carbocycles. The van der Waals surface area contributed by atoms with Crippen LogP contribution in [0.4, 0.5) is 5.69 Å². The number of hydrogen-bond acceptors (Lipinski definition) is 5. The second kappa shape index (κ2) is 9.79. The van der Waals surface area contributed by atoms with E-state index in [9.17, 15) is 4.79 Å². The van der Waals surface area contributed by atoms with Gasteiger partial charge in [-0.1, -0.05) is 58.7 Å². The third-order valence-electron chi connectivity index (χ3n) is 8.11. The van der Waals surface area contributed by atoms with Crippen molar-refractivity contribution >= 4 is 20.7 Å². The van der Waals surface area contributed by atoms with E-state index in [0.717, 1.165) is 36.3 Å². The van der Waals surface area contributed by atoms with Gasteiger partial charge in [0.1, 0.15) is 0 Å². The van der Waals surface area contributed by atoms with Gasteiger partial charge in [0, 0.05) is 30.5 Å². The molecule has 4 rings (SSSR count). The summed E-state index contributed by atoms with van der Waals surface area (Å²) in [4.78, 5) is 15.4. The Hall–Kier alpha value is -1.63. The Morgan fingerprint density at radius 2 is 2.03 bits per heavy atom. The van der Waals surface area contributed by atoms with Crippen LogP contribution in [-0.2, 0) is 19.4 Å². The van der Waals surface area contributed by atoms with Crippen LogP contribution in [0.25, 0.3) is 0 Å². The second-order valence-corrected chi connectivity index (χ2v) is 13.7. The minimum absolute atomic E-state index is 0.0861. The molecule has 5 nitrogen and oxygen atoms in total. The summed E-state index contributed by atoms with van der Waals surface area (Å²) in [6.45, 7) is 15.5. The van der Waals surface area contributed by atoms with Gasteiger partial charge in [-0.05, 0) is 55.3 Å². The van der Waals surface area contributed by atoms with E-state index in [1.807, 2.05) is 0 Å². The van der Waals surface area contributed by atoms with Crippen molar-refractivity contribution < 1.29 is 14.0 Å². The van der Waals surface area contributed by atoms with Gasteiger partial charge in [0.2, 0.25) is 9.04 Å². The van der Waals surface area contributed by atoms with Crippen LogP contribution < -0.4 is 5.32 Å². The van der Waals surface area contributed by atoms with Crippen LogP contribution in [0, 0.1) is 11.3 Å². The maximum Gasteiger partial charge on any atom is 0.336 e. The number of ether oxygens (including phenoxy) is 1. The van der Waals surface area contributed by atoms with Crippen molar-refractivity contribution in [1.29, 1.82) is 0 Å². The first-order valence-electron chi connectivity index (χ1n) is 13.0. The van der Waals surface area contributed by atoms with Crippen LogP contribution in [0.5, 0.6) is 0 Å². The molecule has 5 atom stereocenters. The smallest absolute Gasteiger partial charge is 0.336 e. The SMILES string of the molecule is CCCCC(CC1N2CCC13C(=C(C(=O)OC)C2)Nc1ccccc13)C(O[Si](C)C)C(C)(C)C. The summed E-state index contributed by atoms with van der Waals surface area (Å²) in [7, 11) is 0.672. The lowest BCUT2D eigenvalue weighted by Gasteiger charge is -2.46. The summed E-state index contributed by atoms with van der Waals surface area (Å²) >= 11 is 0. The van der Waals surface area contributed by atoms with Gasteiger partial charge in [-0.3, -0.25) is 4.90 Å². The number of rotatable bonds is 9. The molecule has 1 aromatic rings. The number of anilines is 1. The molecule has 3 aliphatic rings. The van der Waals surface area contributed by atoms with Crippen molar-refractivity contribution in [2.75, 3.05) is 25.5 Å². The molecule has 0 amide bonds. The standard InChI is InChI=1S/C28H43N2O3Si/c1-8-9-12-19(25(27(2,3)4)33-34(6)7)17-23-28-15-16-30(23)18-20(26(31)32-5)24(28)29-22-14-11-10-13-21(22)28/h10-11,13-14,19,23,25,29H,8-9,12,15-18H2,1-7H3. The Bertz CT molecular complexity index is 938. The van der Waals surface area contributed by atoms with Crippen molar-refractivity contribution in [3.63, 3.8) is 0 Å². The molecular weight excluding hydrogens is 440 g/mol. The van der Waals surface area contributed by atoms with Gasteiger partial charge < -0.3 is 14.5 Å². The van der Waals surface area contributed by atoms with E-state index in [1.165, 1.54) is 31.9 Å². The fourth-order valence-corrected chi connectivity index (χ4v) is 7.81. The number of unbranched alkanes of at least 4 members (excludes halogenated alkanes) is 1. The molecular formula is C28H43N2O3Si. The van der Waals surface area contributed by atoms with E-state index in [4.69, 9.17) is 9.16 Å². The lowest BCUT2D eigenvalue weighted by Crippen LogP contribution is -2.52. The number of esters is 1. The zero-order chi connectivity index (χ0) is 24.7. The minimum atomic E-state index is -0.822. The predicted octanol–water partition coefficient (Wildman–Crippen LogP) is 5.74. The number of fused-ring (bicyclic) bond motifs is 2. The number of hydrogen-bond donors (Lipinski definition) is 1. The summed E-state index contributed by atoms with van der Waals surface area (Å²) in [5.74, 6) is 0.281. The molecule has 0 aliphatic carbocycles. The van der Waals surface area contributed by atoms with Crippen molar-refractivity contribution in [3.8, 4) is 0 Å². The van der Waals surface area contributed by atoms with E-state index in [2.05, 4.69) is 75.3 Å². The van der Waals surface area contributed by atoms with Crippen molar-refractivity contribution in [2.24, 2.45) is 11.3 Å². The number of carbonyl (C=O) groups is 1. The van der Waals surface area contributed by atoms with Gasteiger partial charge in [-0.25, -0.2) is 4.79 Å². The molecule has 6 heteroatoms. The Labute approximate surface area is 208 Å². The van der Waals surface area contributed by atoms with Crippen LogP contribution in [0.3, 0.4) is 0 Å². The Balaban J connectivity index is 1.77. The Morgan fingerprint density at radius 1 is 1.29 bits per heavy atom. The molecule has 1 N–H and O–H groups in total. The lowest BCUT2D eigenvalue weighted by molar-refractivity contribution is -0.136. The van der Waals surface area contributed by atoms with E-state index in [1.54, 1.807) is 0 Å². The molecule has 5 unspecified atom stereocenters. The fraction of sp³-hybridized carbons (Fsp3) is 0.679. The second-order valence-electron chi connectivity index (χ2n) is 11.7. The molecule has 3 heterocycles. The van der Waals surface area contributed by atoms with Crippen molar-refractivity contribution in [2.45, 2.75) is 90.5 Å². The van der Waals surface area contributed by atoms with Gasteiger partial charge in [-0.2, -0.15) is 0 Å². The Kier molecular flexibility index (Phi) is 7.33. The molecule has 1 aromatic carbocycles. The van der Waals surface area contributed by atoms with Gasteiger partial charge >= 0.3 is 5.97 Å². The highest BCUT2D eigenvalue weighted by atomic mass is 28.3. The summed E-state index contributed by atoms with van der Waals surface area (Å²) in [6, 6.07) is 9.00. The topological polar surface area (TPSA) is 50.8 Å². The predicted molar refractivity (Wildman–Crippen MR) is 140 cm³/mol. The molecule has 1 saturated heterocycles. The number of nitrogens with zero attached hydrogens (tertiary/aromatic N) is 1. The lowest BCUT2D eigenvalue weighted by atomic mass is 9.66. The molecule has 34 heavy (non-hydrogen) atoms. The quantitative estimate of drug-likeness (QED) is 0.358. The van der Waals surface area contributed by atoms with Gasteiger partial charge in [-0.15, -0.1) is 0 Å². The maximum absolute atomic E-state index is 12.8. The van der Waals surface area contributed by atoms with Crippen LogP contribution >= 0.6 is 0 Å². The van der Waals surface area contributed by atoms with E-state index >= 15 is 0 Å². The maximum atomic E-state index is 12.8. The average molecular weight is 484 g/mol. The minimum Gasteiger partial charge on any atom is -0.466 e. The number of nitrogens with one attached hydrogen (secondary N) is 1. The van der Waals surface area contributed by atoms with E-state index in [-0.39, 0.29) is 22.9 Å². The summed E-state index contributed by atoms with van der Waals surface area (Å²) in [5.41, 5.74) is 4.30. The first kappa shape index (κ1) is 25.5. The summed E-state index contributed by atoms with van der Waals surface area (Å²) < 4.78 is 12.0. The Morgan fingerprint density at radius 3 is 2.68 bits per heavy atom. The van der Waals surface area contributed by atoms with Crippen LogP contribution in [0.2, 0.25) is 13.1 Å².